The highest BCUT2D eigenvalue weighted by molar-refractivity contribution is 5.82. The third-order valence-electron chi connectivity index (χ3n) is 5.95. The number of carbonyl (C=O) groups excluding carboxylic acids is 4. The molecule has 0 aromatic rings. The molecule has 2 aliphatic rings. The van der Waals surface area contributed by atoms with Crippen molar-refractivity contribution in [2.45, 2.75) is 77.9 Å². The standard InChI is InChI=1S/C25H39N3O6/c1-6-20(14-22(30)33-7-2)26-23(31)19-11-9-13-27(17-19)21(29)12-8-10-18-15-28(16-18)24(32)34-25(3,4)5/h1,18-20H,7-17H2,2-5H3,(H,26,31)/t19-,20-/m1/s1. The molecule has 9 heteroatoms. The fourth-order valence-electron chi connectivity index (χ4n) is 4.17. The lowest BCUT2D eigenvalue weighted by Crippen LogP contribution is -2.51. The summed E-state index contributed by atoms with van der Waals surface area (Å²) in [6, 6.07) is -0.722. The van der Waals surface area contributed by atoms with Gasteiger partial charge in [0.25, 0.3) is 0 Å². The Morgan fingerprint density at radius 3 is 2.47 bits per heavy atom. The van der Waals surface area contributed by atoms with Gasteiger partial charge in [0.2, 0.25) is 11.8 Å². The number of piperidine rings is 1. The second-order valence-corrected chi connectivity index (χ2v) is 10.1. The summed E-state index contributed by atoms with van der Waals surface area (Å²) in [6.45, 7) is 9.83. The molecule has 9 nitrogen and oxygen atoms in total. The van der Waals surface area contributed by atoms with Gasteiger partial charge in [-0.1, -0.05) is 5.92 Å². The number of rotatable bonds is 9. The van der Waals surface area contributed by atoms with Gasteiger partial charge in [0.15, 0.2) is 0 Å². The molecule has 2 rings (SSSR count). The van der Waals surface area contributed by atoms with E-state index in [0.29, 0.717) is 44.9 Å². The second-order valence-electron chi connectivity index (χ2n) is 10.1. The smallest absolute Gasteiger partial charge is 0.410 e. The quantitative estimate of drug-likeness (QED) is 0.404. The maximum atomic E-state index is 12.7. The Hall–Kier alpha value is -2.76. The van der Waals surface area contributed by atoms with Gasteiger partial charge in [0, 0.05) is 32.6 Å². The van der Waals surface area contributed by atoms with Crippen LogP contribution in [0.15, 0.2) is 0 Å². The first-order chi connectivity index (χ1) is 16.0. The molecule has 1 N–H and O–H groups in total. The number of hydrogen-bond acceptors (Lipinski definition) is 6. The predicted octanol–water partition coefficient (Wildman–Crippen LogP) is 2.33. The number of hydrogen-bond donors (Lipinski definition) is 1. The first kappa shape index (κ1) is 27.5. The number of carbonyl (C=O) groups is 4. The molecule has 0 saturated carbocycles. The molecule has 2 heterocycles. The van der Waals surface area contributed by atoms with Gasteiger partial charge in [0.1, 0.15) is 11.6 Å². The van der Waals surface area contributed by atoms with Crippen molar-refractivity contribution in [3.63, 3.8) is 0 Å². The summed E-state index contributed by atoms with van der Waals surface area (Å²) in [7, 11) is 0. The first-order valence-corrected chi connectivity index (χ1v) is 12.2. The van der Waals surface area contributed by atoms with Crippen LogP contribution in [0, 0.1) is 24.2 Å². The number of ether oxygens (including phenoxy) is 2. The van der Waals surface area contributed by atoms with Crippen molar-refractivity contribution in [3.05, 3.63) is 0 Å². The predicted molar refractivity (Wildman–Crippen MR) is 126 cm³/mol. The molecule has 3 amide bonds. The minimum Gasteiger partial charge on any atom is -0.466 e. The molecule has 0 radical (unpaired) electrons. The highest BCUT2D eigenvalue weighted by Gasteiger charge is 2.34. The average molecular weight is 478 g/mol. The maximum Gasteiger partial charge on any atom is 0.410 e. The third kappa shape index (κ3) is 8.88. The zero-order valence-electron chi connectivity index (χ0n) is 20.9. The molecule has 0 aromatic heterocycles. The molecule has 190 valence electrons. The van der Waals surface area contributed by atoms with E-state index in [0.717, 1.165) is 19.3 Å². The summed E-state index contributed by atoms with van der Waals surface area (Å²) < 4.78 is 10.3. The fraction of sp³-hybridized carbons (Fsp3) is 0.760. The molecule has 2 saturated heterocycles. The Labute approximate surface area is 202 Å². The van der Waals surface area contributed by atoms with Crippen LogP contribution in [0.25, 0.3) is 0 Å². The van der Waals surface area contributed by atoms with Crippen molar-refractivity contribution in [2.24, 2.45) is 11.8 Å². The van der Waals surface area contributed by atoms with E-state index in [4.69, 9.17) is 15.9 Å². The van der Waals surface area contributed by atoms with E-state index in [-0.39, 0.29) is 36.9 Å². The van der Waals surface area contributed by atoms with Crippen LogP contribution in [-0.2, 0) is 23.9 Å². The summed E-state index contributed by atoms with van der Waals surface area (Å²) in [5, 5.41) is 2.73. The summed E-state index contributed by atoms with van der Waals surface area (Å²) >= 11 is 0. The highest BCUT2D eigenvalue weighted by atomic mass is 16.6. The van der Waals surface area contributed by atoms with Gasteiger partial charge in [-0.25, -0.2) is 4.79 Å². The molecule has 0 bridgehead atoms. The second kappa shape index (κ2) is 12.6. The van der Waals surface area contributed by atoms with E-state index in [1.54, 1.807) is 16.7 Å². The van der Waals surface area contributed by atoms with Crippen molar-refractivity contribution in [1.82, 2.24) is 15.1 Å². The maximum absolute atomic E-state index is 12.7. The molecule has 2 fully saturated rings. The number of esters is 1. The lowest BCUT2D eigenvalue weighted by Gasteiger charge is -2.40. The topological polar surface area (TPSA) is 105 Å². The largest absolute Gasteiger partial charge is 0.466 e. The van der Waals surface area contributed by atoms with Crippen LogP contribution in [0.5, 0.6) is 0 Å². The third-order valence-corrected chi connectivity index (χ3v) is 5.95. The van der Waals surface area contributed by atoms with Crippen molar-refractivity contribution < 1.29 is 28.7 Å². The van der Waals surface area contributed by atoms with Gasteiger partial charge in [-0.2, -0.15) is 0 Å². The molecule has 34 heavy (non-hydrogen) atoms. The minimum atomic E-state index is -0.722. The van der Waals surface area contributed by atoms with Gasteiger partial charge in [0.05, 0.1) is 18.9 Å². The fourth-order valence-corrected chi connectivity index (χ4v) is 4.17. The molecule has 2 aliphatic heterocycles. The molecular weight excluding hydrogens is 438 g/mol. The van der Waals surface area contributed by atoms with E-state index in [1.807, 2.05) is 20.8 Å². The van der Waals surface area contributed by atoms with Crippen LogP contribution in [0.1, 0.15) is 66.2 Å². The number of likely N-dealkylation sites (tertiary alicyclic amines) is 2. The van der Waals surface area contributed by atoms with Crippen LogP contribution >= 0.6 is 0 Å². The van der Waals surface area contributed by atoms with Crippen LogP contribution in [0.3, 0.4) is 0 Å². The summed E-state index contributed by atoms with van der Waals surface area (Å²) in [4.78, 5) is 52.4. The minimum absolute atomic E-state index is 0.0424. The molecular formula is C25H39N3O6. The SMILES string of the molecule is C#C[C@H](CC(=O)OCC)NC(=O)[C@@H]1CCCN(C(=O)CCCC2CN(C(=O)OC(C)(C)C)C2)C1. The lowest BCUT2D eigenvalue weighted by molar-refractivity contribution is -0.143. The van der Waals surface area contributed by atoms with Crippen molar-refractivity contribution in [1.29, 1.82) is 0 Å². The Bertz CT molecular complexity index is 779. The normalized spacial score (nSPS) is 19.4. The van der Waals surface area contributed by atoms with Gasteiger partial charge in [-0.15, -0.1) is 6.42 Å². The van der Waals surface area contributed by atoms with Crippen LogP contribution in [0.4, 0.5) is 4.79 Å². The van der Waals surface area contributed by atoms with E-state index < -0.39 is 17.6 Å². The first-order valence-electron chi connectivity index (χ1n) is 12.2. The van der Waals surface area contributed by atoms with Crippen LogP contribution in [0.2, 0.25) is 0 Å². The Morgan fingerprint density at radius 2 is 1.85 bits per heavy atom. The van der Waals surface area contributed by atoms with Crippen molar-refractivity contribution in [2.75, 3.05) is 32.8 Å². The van der Waals surface area contributed by atoms with Crippen LogP contribution in [-0.4, -0.2) is 78.1 Å². The summed E-state index contributed by atoms with van der Waals surface area (Å²) in [6.07, 6.45) is 8.56. The van der Waals surface area contributed by atoms with Crippen molar-refractivity contribution >= 4 is 23.9 Å². The van der Waals surface area contributed by atoms with Crippen LogP contribution < -0.4 is 5.32 Å². The number of nitrogens with one attached hydrogen (secondary N) is 1. The Morgan fingerprint density at radius 1 is 1.15 bits per heavy atom. The van der Waals surface area contributed by atoms with E-state index in [2.05, 4.69) is 11.2 Å². The lowest BCUT2D eigenvalue weighted by atomic mass is 9.93. The van der Waals surface area contributed by atoms with Crippen molar-refractivity contribution in [3.8, 4) is 12.3 Å². The van der Waals surface area contributed by atoms with Gasteiger partial charge >= 0.3 is 12.1 Å². The van der Waals surface area contributed by atoms with Gasteiger partial charge in [-0.3, -0.25) is 14.4 Å². The highest BCUT2D eigenvalue weighted by Crippen LogP contribution is 2.24. The molecule has 0 aromatic carbocycles. The molecule has 0 aliphatic carbocycles. The Balaban J connectivity index is 1.69. The zero-order valence-corrected chi connectivity index (χ0v) is 20.9. The molecule has 2 atom stereocenters. The number of nitrogens with zero attached hydrogens (tertiary/aromatic N) is 2. The summed E-state index contributed by atoms with van der Waals surface area (Å²) in [5.74, 6) is 1.82. The molecule has 0 spiro atoms. The number of amides is 3. The molecule has 0 unspecified atom stereocenters. The van der Waals surface area contributed by atoms with E-state index in [9.17, 15) is 19.2 Å². The van der Waals surface area contributed by atoms with Gasteiger partial charge in [-0.05, 0) is 59.3 Å². The average Bonchev–Trinajstić information content (AvgIpc) is 2.73. The van der Waals surface area contributed by atoms with E-state index in [1.165, 1.54) is 0 Å². The zero-order chi connectivity index (χ0) is 25.3. The summed E-state index contributed by atoms with van der Waals surface area (Å²) in [5.41, 5.74) is -0.500. The Kier molecular flexibility index (Phi) is 10.2. The number of terminal acetylenes is 1. The van der Waals surface area contributed by atoms with Gasteiger partial charge < -0.3 is 24.6 Å². The monoisotopic (exact) mass is 477 g/mol. The van der Waals surface area contributed by atoms with E-state index >= 15 is 0 Å².